The highest BCUT2D eigenvalue weighted by Crippen LogP contribution is 2.21. The fourth-order valence-corrected chi connectivity index (χ4v) is 3.37. The Morgan fingerprint density at radius 1 is 1.25 bits per heavy atom. The minimum atomic E-state index is 0.136. The van der Waals surface area contributed by atoms with Gasteiger partial charge in [-0.25, -0.2) is 0 Å². The van der Waals surface area contributed by atoms with Gasteiger partial charge in [0.05, 0.1) is 0 Å². The molecule has 0 saturated carbocycles. The summed E-state index contributed by atoms with van der Waals surface area (Å²) in [4.78, 5) is 14.6. The summed E-state index contributed by atoms with van der Waals surface area (Å²) in [6.45, 7) is 0.936. The summed E-state index contributed by atoms with van der Waals surface area (Å²) < 4.78 is 1.93. The van der Waals surface area contributed by atoms with Gasteiger partial charge in [-0.2, -0.15) is 0 Å². The number of aromatic nitrogens is 3. The zero-order chi connectivity index (χ0) is 16.8. The maximum Gasteiger partial charge on any atom is 0.223 e. The quantitative estimate of drug-likeness (QED) is 0.880. The zero-order valence-electron chi connectivity index (χ0n) is 13.8. The molecule has 0 bridgehead atoms. The van der Waals surface area contributed by atoms with Crippen molar-refractivity contribution in [2.45, 2.75) is 44.6 Å². The third-order valence-corrected chi connectivity index (χ3v) is 4.62. The Morgan fingerprint density at radius 3 is 2.88 bits per heavy atom. The van der Waals surface area contributed by atoms with Gasteiger partial charge in [0.2, 0.25) is 5.91 Å². The molecule has 0 spiro atoms. The molecular weight excluding hydrogens is 304 g/mol. The molecule has 6 nitrogen and oxygen atoms in total. The Kier molecular flexibility index (Phi) is 5.59. The molecule has 0 aliphatic carbocycles. The zero-order valence-corrected chi connectivity index (χ0v) is 13.8. The molecule has 6 heteroatoms. The van der Waals surface area contributed by atoms with Crippen molar-refractivity contribution in [1.82, 2.24) is 19.7 Å². The summed E-state index contributed by atoms with van der Waals surface area (Å²) in [7, 11) is 0. The topological polar surface area (TPSA) is 71.2 Å². The standard InChI is InChI=1S/C18H24N4O2/c23-13-11-16-8-4-5-12-21(16)18(24)10-9-17-20-19-14-22(17)15-6-2-1-3-7-15/h1-3,6-7,14,16,23H,4-5,8-13H2. The van der Waals surface area contributed by atoms with E-state index in [0.717, 1.165) is 37.3 Å². The van der Waals surface area contributed by atoms with E-state index in [1.54, 1.807) is 6.33 Å². The number of rotatable bonds is 6. The molecule has 2 aromatic rings. The molecule has 1 aromatic heterocycles. The van der Waals surface area contributed by atoms with Crippen LogP contribution in [0.5, 0.6) is 0 Å². The van der Waals surface area contributed by atoms with Gasteiger partial charge in [-0.1, -0.05) is 18.2 Å². The van der Waals surface area contributed by atoms with Crippen molar-refractivity contribution in [3.05, 3.63) is 42.5 Å². The molecule has 1 N–H and O–H groups in total. The molecule has 1 atom stereocenters. The fourth-order valence-electron chi connectivity index (χ4n) is 3.37. The number of likely N-dealkylation sites (tertiary alicyclic amines) is 1. The molecule has 1 aliphatic rings. The van der Waals surface area contributed by atoms with Gasteiger partial charge in [0, 0.05) is 37.7 Å². The van der Waals surface area contributed by atoms with E-state index in [0.29, 0.717) is 19.3 Å². The van der Waals surface area contributed by atoms with Gasteiger partial charge >= 0.3 is 0 Å². The average Bonchev–Trinajstić information content (AvgIpc) is 3.10. The van der Waals surface area contributed by atoms with Crippen LogP contribution in [0.2, 0.25) is 0 Å². The fraction of sp³-hybridized carbons (Fsp3) is 0.500. The number of para-hydroxylation sites is 1. The van der Waals surface area contributed by atoms with E-state index < -0.39 is 0 Å². The van der Waals surface area contributed by atoms with Crippen LogP contribution in [0.15, 0.2) is 36.7 Å². The van der Waals surface area contributed by atoms with E-state index in [1.165, 1.54) is 0 Å². The maximum absolute atomic E-state index is 12.6. The van der Waals surface area contributed by atoms with Gasteiger partial charge < -0.3 is 10.0 Å². The predicted molar refractivity (Wildman–Crippen MR) is 90.7 cm³/mol. The summed E-state index contributed by atoms with van der Waals surface area (Å²) >= 11 is 0. The maximum atomic E-state index is 12.6. The van der Waals surface area contributed by atoms with E-state index >= 15 is 0 Å². The van der Waals surface area contributed by atoms with Crippen molar-refractivity contribution in [3.63, 3.8) is 0 Å². The molecule has 1 amide bonds. The highest BCUT2D eigenvalue weighted by Gasteiger charge is 2.26. The number of hydrogen-bond acceptors (Lipinski definition) is 4. The van der Waals surface area contributed by atoms with Crippen molar-refractivity contribution in [2.75, 3.05) is 13.2 Å². The summed E-state index contributed by atoms with van der Waals surface area (Å²) in [5.41, 5.74) is 1.00. The third kappa shape index (κ3) is 3.82. The van der Waals surface area contributed by atoms with E-state index in [2.05, 4.69) is 10.2 Å². The number of amides is 1. The number of piperidine rings is 1. The smallest absolute Gasteiger partial charge is 0.223 e. The van der Waals surface area contributed by atoms with Gasteiger partial charge in [0.25, 0.3) is 0 Å². The SMILES string of the molecule is O=C(CCc1nncn1-c1ccccc1)N1CCCCC1CCO. The van der Waals surface area contributed by atoms with Gasteiger partial charge in [-0.15, -0.1) is 10.2 Å². The number of carbonyl (C=O) groups excluding carboxylic acids is 1. The first-order chi connectivity index (χ1) is 11.8. The highest BCUT2D eigenvalue weighted by molar-refractivity contribution is 5.76. The van der Waals surface area contributed by atoms with Gasteiger partial charge in [0.1, 0.15) is 12.2 Å². The largest absolute Gasteiger partial charge is 0.396 e. The number of aliphatic hydroxyl groups excluding tert-OH is 1. The molecule has 1 fully saturated rings. The van der Waals surface area contributed by atoms with E-state index in [4.69, 9.17) is 0 Å². The Bertz CT molecular complexity index is 654. The minimum absolute atomic E-state index is 0.136. The number of nitrogens with zero attached hydrogens (tertiary/aromatic N) is 4. The van der Waals surface area contributed by atoms with Gasteiger partial charge in [-0.05, 0) is 37.8 Å². The Morgan fingerprint density at radius 2 is 2.08 bits per heavy atom. The van der Waals surface area contributed by atoms with Crippen molar-refractivity contribution in [1.29, 1.82) is 0 Å². The lowest BCUT2D eigenvalue weighted by Crippen LogP contribution is -2.44. The lowest BCUT2D eigenvalue weighted by Gasteiger charge is -2.35. The second-order valence-electron chi connectivity index (χ2n) is 6.20. The van der Waals surface area contributed by atoms with Crippen LogP contribution < -0.4 is 0 Å². The Hall–Kier alpha value is -2.21. The normalized spacial score (nSPS) is 17.9. The first-order valence-electron chi connectivity index (χ1n) is 8.64. The van der Waals surface area contributed by atoms with Crippen LogP contribution in [-0.4, -0.2) is 49.9 Å². The molecular formula is C18H24N4O2. The van der Waals surface area contributed by atoms with Crippen LogP contribution in [0.3, 0.4) is 0 Å². The van der Waals surface area contributed by atoms with Crippen molar-refractivity contribution < 1.29 is 9.90 Å². The first kappa shape index (κ1) is 16.6. The van der Waals surface area contributed by atoms with E-state index in [-0.39, 0.29) is 18.6 Å². The third-order valence-electron chi connectivity index (χ3n) is 4.62. The Labute approximate surface area is 142 Å². The molecule has 128 valence electrons. The minimum Gasteiger partial charge on any atom is -0.396 e. The number of carbonyl (C=O) groups is 1. The van der Waals surface area contributed by atoms with Crippen molar-refractivity contribution in [2.24, 2.45) is 0 Å². The highest BCUT2D eigenvalue weighted by atomic mass is 16.3. The predicted octanol–water partition coefficient (Wildman–Crippen LogP) is 1.96. The Balaban J connectivity index is 1.64. The van der Waals surface area contributed by atoms with Crippen molar-refractivity contribution >= 4 is 5.91 Å². The van der Waals surface area contributed by atoms with Crippen LogP contribution in [0.25, 0.3) is 5.69 Å². The second-order valence-corrected chi connectivity index (χ2v) is 6.20. The van der Waals surface area contributed by atoms with E-state index in [9.17, 15) is 9.90 Å². The summed E-state index contributed by atoms with van der Waals surface area (Å²) in [5.74, 6) is 0.945. The van der Waals surface area contributed by atoms with Crippen LogP contribution in [0, 0.1) is 0 Å². The molecule has 1 aromatic carbocycles. The van der Waals surface area contributed by atoms with Crippen LogP contribution in [0.1, 0.15) is 37.9 Å². The molecule has 1 aliphatic heterocycles. The molecule has 0 radical (unpaired) electrons. The second kappa shape index (κ2) is 8.06. The first-order valence-corrected chi connectivity index (χ1v) is 8.64. The monoisotopic (exact) mass is 328 g/mol. The summed E-state index contributed by atoms with van der Waals surface area (Å²) in [6, 6.07) is 10.1. The summed E-state index contributed by atoms with van der Waals surface area (Å²) in [5, 5.41) is 17.4. The number of benzene rings is 1. The average molecular weight is 328 g/mol. The molecule has 24 heavy (non-hydrogen) atoms. The summed E-state index contributed by atoms with van der Waals surface area (Å²) in [6.07, 6.45) is 6.53. The molecule has 3 rings (SSSR count). The number of aryl methyl sites for hydroxylation is 1. The van der Waals surface area contributed by atoms with Crippen LogP contribution in [-0.2, 0) is 11.2 Å². The lowest BCUT2D eigenvalue weighted by atomic mass is 9.99. The van der Waals surface area contributed by atoms with Crippen molar-refractivity contribution in [3.8, 4) is 5.69 Å². The van der Waals surface area contributed by atoms with Crippen LogP contribution in [0.4, 0.5) is 0 Å². The number of aliphatic hydroxyl groups is 1. The lowest BCUT2D eigenvalue weighted by molar-refractivity contribution is -0.135. The number of hydrogen-bond donors (Lipinski definition) is 1. The van der Waals surface area contributed by atoms with Gasteiger partial charge in [0.15, 0.2) is 0 Å². The molecule has 1 unspecified atom stereocenters. The van der Waals surface area contributed by atoms with Gasteiger partial charge in [-0.3, -0.25) is 9.36 Å². The van der Waals surface area contributed by atoms with Crippen LogP contribution >= 0.6 is 0 Å². The van der Waals surface area contributed by atoms with E-state index in [1.807, 2.05) is 39.8 Å². The molecule has 2 heterocycles. The molecule has 1 saturated heterocycles.